The van der Waals surface area contributed by atoms with E-state index in [1.165, 1.54) is 0 Å². The molecule has 0 fully saturated rings. The summed E-state index contributed by atoms with van der Waals surface area (Å²) in [5, 5.41) is 18.7. The van der Waals surface area contributed by atoms with Gasteiger partial charge in [0.05, 0.1) is 6.61 Å². The standard InChI is InChI=1S/C28H38O6/c1-2-3-4-5-6-7-8-9-10-11-12-13-14-15-16-17-18-19-20-21-25(29)33-23-22-24-26(30)27(31)28(32)34-24/h3-4,6-7,9-10,12-13,15-16,18-19,24,30-31H,2,5,8,11,14,17,20-23H2,1H3/b4-3-,7-6-,10-9-,13-12-,16-15-,19-18-/t24-/m1/s1. The van der Waals surface area contributed by atoms with Gasteiger partial charge in [0.15, 0.2) is 11.9 Å². The monoisotopic (exact) mass is 470 g/mol. The van der Waals surface area contributed by atoms with Gasteiger partial charge in [-0.05, 0) is 44.9 Å². The first-order valence-electron chi connectivity index (χ1n) is 11.9. The molecule has 0 spiro atoms. The molecule has 0 bridgehead atoms. The molecule has 0 aromatic rings. The topological polar surface area (TPSA) is 93.1 Å². The number of allylic oxidation sites excluding steroid dienone is 12. The van der Waals surface area contributed by atoms with Gasteiger partial charge < -0.3 is 19.7 Å². The molecule has 0 amide bonds. The second-order valence-electron chi connectivity index (χ2n) is 7.59. The van der Waals surface area contributed by atoms with Crippen LogP contribution in [-0.4, -0.2) is 34.9 Å². The number of hydrogen-bond donors (Lipinski definition) is 2. The van der Waals surface area contributed by atoms with Gasteiger partial charge in [0, 0.05) is 12.8 Å². The molecule has 1 rings (SSSR count). The molecule has 0 aromatic carbocycles. The minimum absolute atomic E-state index is 0.00211. The van der Waals surface area contributed by atoms with Crippen LogP contribution in [0.4, 0.5) is 0 Å². The average Bonchev–Trinajstić information content (AvgIpc) is 3.07. The van der Waals surface area contributed by atoms with Crippen molar-refractivity contribution in [1.29, 1.82) is 0 Å². The second-order valence-corrected chi connectivity index (χ2v) is 7.59. The van der Waals surface area contributed by atoms with Crippen LogP contribution in [0.3, 0.4) is 0 Å². The molecule has 1 atom stereocenters. The van der Waals surface area contributed by atoms with E-state index in [-0.39, 0.29) is 25.4 Å². The zero-order valence-corrected chi connectivity index (χ0v) is 20.1. The number of cyclic esters (lactones) is 1. The van der Waals surface area contributed by atoms with Gasteiger partial charge in [-0.25, -0.2) is 4.79 Å². The SMILES string of the molecule is CC/C=C\C/C=C\C/C=C\C/C=C\C/C=C\C/C=C\CCC(=O)OCC[C@H]1OC(=O)C(O)=C1O. The summed E-state index contributed by atoms with van der Waals surface area (Å²) in [5.41, 5.74) is 0. The number of ether oxygens (including phenoxy) is 2. The Morgan fingerprint density at radius 1 is 0.824 bits per heavy atom. The quantitative estimate of drug-likeness (QED) is 0.183. The smallest absolute Gasteiger partial charge is 0.377 e. The first-order valence-corrected chi connectivity index (χ1v) is 11.9. The number of esters is 2. The van der Waals surface area contributed by atoms with Crippen molar-refractivity contribution in [3.8, 4) is 0 Å². The lowest BCUT2D eigenvalue weighted by Gasteiger charge is -2.09. The van der Waals surface area contributed by atoms with Crippen molar-refractivity contribution in [2.45, 2.75) is 70.8 Å². The van der Waals surface area contributed by atoms with Crippen LogP contribution in [0.5, 0.6) is 0 Å². The van der Waals surface area contributed by atoms with E-state index >= 15 is 0 Å². The largest absolute Gasteiger partial charge is 0.505 e. The Morgan fingerprint density at radius 2 is 1.29 bits per heavy atom. The summed E-state index contributed by atoms with van der Waals surface area (Å²) in [6.45, 7) is 2.14. The Bertz CT molecular complexity index is 811. The van der Waals surface area contributed by atoms with Crippen LogP contribution in [0.15, 0.2) is 84.4 Å². The number of carbonyl (C=O) groups excluding carboxylic acids is 2. The normalized spacial score (nSPS) is 17.1. The highest BCUT2D eigenvalue weighted by Gasteiger charge is 2.34. The van der Waals surface area contributed by atoms with E-state index < -0.39 is 23.6 Å². The molecule has 34 heavy (non-hydrogen) atoms. The van der Waals surface area contributed by atoms with Crippen molar-refractivity contribution in [3.05, 3.63) is 84.4 Å². The Morgan fingerprint density at radius 3 is 1.74 bits per heavy atom. The summed E-state index contributed by atoms with van der Waals surface area (Å²) in [4.78, 5) is 22.8. The van der Waals surface area contributed by atoms with Crippen molar-refractivity contribution in [2.75, 3.05) is 6.61 Å². The van der Waals surface area contributed by atoms with Gasteiger partial charge in [-0.15, -0.1) is 0 Å². The highest BCUT2D eigenvalue weighted by atomic mass is 16.6. The first kappa shape index (κ1) is 28.8. The van der Waals surface area contributed by atoms with Gasteiger partial charge in [-0.3, -0.25) is 4.79 Å². The molecule has 1 aliphatic heterocycles. The molecule has 186 valence electrons. The third-order valence-electron chi connectivity index (χ3n) is 4.74. The maximum atomic E-state index is 11.7. The maximum Gasteiger partial charge on any atom is 0.377 e. The molecule has 0 saturated carbocycles. The third-order valence-corrected chi connectivity index (χ3v) is 4.74. The van der Waals surface area contributed by atoms with Crippen molar-refractivity contribution in [2.24, 2.45) is 0 Å². The van der Waals surface area contributed by atoms with Crippen LogP contribution in [0, 0.1) is 0 Å². The fourth-order valence-corrected chi connectivity index (χ4v) is 2.89. The molecule has 0 radical (unpaired) electrons. The van der Waals surface area contributed by atoms with E-state index in [2.05, 4.69) is 67.7 Å². The molecule has 1 heterocycles. The summed E-state index contributed by atoms with van der Waals surface area (Å²) in [6, 6.07) is 0. The van der Waals surface area contributed by atoms with E-state index in [0.29, 0.717) is 6.42 Å². The molecular weight excluding hydrogens is 432 g/mol. The molecule has 1 aliphatic rings. The van der Waals surface area contributed by atoms with Gasteiger partial charge in [-0.2, -0.15) is 0 Å². The minimum Gasteiger partial charge on any atom is -0.505 e. The number of carbonyl (C=O) groups is 2. The molecule has 0 aliphatic carbocycles. The number of aliphatic hydroxyl groups is 2. The highest BCUT2D eigenvalue weighted by molar-refractivity contribution is 5.88. The Balaban J connectivity index is 1.98. The van der Waals surface area contributed by atoms with Crippen LogP contribution < -0.4 is 0 Å². The molecule has 6 nitrogen and oxygen atoms in total. The van der Waals surface area contributed by atoms with E-state index in [1.54, 1.807) is 0 Å². The molecular formula is C28H38O6. The van der Waals surface area contributed by atoms with Crippen LogP contribution in [0.2, 0.25) is 0 Å². The molecule has 6 heteroatoms. The van der Waals surface area contributed by atoms with Crippen LogP contribution >= 0.6 is 0 Å². The summed E-state index contributed by atoms with van der Waals surface area (Å²) in [7, 11) is 0. The second kappa shape index (κ2) is 19.2. The first-order chi connectivity index (χ1) is 16.6. The van der Waals surface area contributed by atoms with Crippen LogP contribution in [0.25, 0.3) is 0 Å². The predicted octanol–water partition coefficient (Wildman–Crippen LogP) is 6.65. The van der Waals surface area contributed by atoms with Gasteiger partial charge in [0.1, 0.15) is 0 Å². The maximum absolute atomic E-state index is 11.7. The number of aliphatic hydroxyl groups excluding tert-OH is 2. The van der Waals surface area contributed by atoms with Crippen LogP contribution in [0.1, 0.15) is 64.7 Å². The van der Waals surface area contributed by atoms with E-state index in [9.17, 15) is 19.8 Å². The van der Waals surface area contributed by atoms with Gasteiger partial charge in [-0.1, -0.05) is 79.8 Å². The van der Waals surface area contributed by atoms with Crippen molar-refractivity contribution >= 4 is 11.9 Å². The Hall–Kier alpha value is -3.28. The molecule has 2 N–H and O–H groups in total. The van der Waals surface area contributed by atoms with E-state index in [1.807, 2.05) is 12.2 Å². The Kier molecular flexibility index (Phi) is 16.2. The van der Waals surface area contributed by atoms with Crippen molar-refractivity contribution < 1.29 is 29.3 Å². The van der Waals surface area contributed by atoms with Crippen molar-refractivity contribution in [1.82, 2.24) is 0 Å². The van der Waals surface area contributed by atoms with E-state index in [0.717, 1.165) is 38.5 Å². The summed E-state index contributed by atoms with van der Waals surface area (Å²) in [5.74, 6) is -2.63. The summed E-state index contributed by atoms with van der Waals surface area (Å²) >= 11 is 0. The lowest BCUT2D eigenvalue weighted by Crippen LogP contribution is -2.16. The van der Waals surface area contributed by atoms with Gasteiger partial charge in [0.2, 0.25) is 5.76 Å². The predicted molar refractivity (Wildman–Crippen MR) is 135 cm³/mol. The minimum atomic E-state index is -0.966. The lowest BCUT2D eigenvalue weighted by atomic mass is 10.2. The highest BCUT2D eigenvalue weighted by Crippen LogP contribution is 2.21. The zero-order chi connectivity index (χ0) is 24.9. The molecule has 0 aromatic heterocycles. The molecule has 0 saturated heterocycles. The zero-order valence-electron chi connectivity index (χ0n) is 20.1. The lowest BCUT2D eigenvalue weighted by molar-refractivity contribution is -0.146. The van der Waals surface area contributed by atoms with Crippen LogP contribution in [-0.2, 0) is 19.1 Å². The van der Waals surface area contributed by atoms with Crippen molar-refractivity contribution in [3.63, 3.8) is 0 Å². The summed E-state index contributed by atoms with van der Waals surface area (Å²) in [6.07, 6.45) is 31.3. The average molecular weight is 471 g/mol. The molecule has 0 unspecified atom stereocenters. The van der Waals surface area contributed by atoms with Gasteiger partial charge in [0.25, 0.3) is 0 Å². The number of hydrogen-bond acceptors (Lipinski definition) is 6. The fourth-order valence-electron chi connectivity index (χ4n) is 2.89. The summed E-state index contributed by atoms with van der Waals surface area (Å²) < 4.78 is 9.79. The number of rotatable bonds is 17. The Labute approximate surface area is 203 Å². The van der Waals surface area contributed by atoms with Gasteiger partial charge >= 0.3 is 11.9 Å². The van der Waals surface area contributed by atoms with E-state index in [4.69, 9.17) is 9.47 Å². The third kappa shape index (κ3) is 14.0. The fraction of sp³-hybridized carbons (Fsp3) is 0.429.